The number of aliphatic hydroxyl groups is 1. The van der Waals surface area contributed by atoms with Crippen LogP contribution in [0.15, 0.2) is 24.3 Å². The van der Waals surface area contributed by atoms with Crippen molar-refractivity contribution in [1.82, 2.24) is 15.1 Å². The molecule has 0 radical (unpaired) electrons. The van der Waals surface area contributed by atoms with Gasteiger partial charge in [-0.25, -0.2) is 4.79 Å². The summed E-state index contributed by atoms with van der Waals surface area (Å²) < 4.78 is 0. The van der Waals surface area contributed by atoms with Crippen LogP contribution in [-0.2, 0) is 11.3 Å². The summed E-state index contributed by atoms with van der Waals surface area (Å²) in [7, 11) is 0. The number of nitrogens with one attached hydrogen (secondary N) is 2. The lowest BCUT2D eigenvalue weighted by Gasteiger charge is -2.32. The molecule has 0 aromatic heterocycles. The number of nitrogens with zero attached hydrogens (tertiary/aromatic N) is 2. The molecule has 0 spiro atoms. The van der Waals surface area contributed by atoms with Gasteiger partial charge in [-0.15, -0.1) is 0 Å². The molecule has 3 amide bonds. The Bertz CT molecular complexity index is 681. The van der Waals surface area contributed by atoms with Crippen LogP contribution in [0, 0.1) is 5.92 Å². The Labute approximate surface area is 160 Å². The van der Waals surface area contributed by atoms with Crippen LogP contribution < -0.4 is 10.6 Å². The number of β-amino-alcohol motifs (C(OH)–C–C–N with tert-alkyl or cyclic N) is 1. The molecule has 0 saturated carbocycles. The predicted octanol–water partition coefficient (Wildman–Crippen LogP) is 1.63. The zero-order valence-corrected chi connectivity index (χ0v) is 16.1. The molecule has 7 heteroatoms. The summed E-state index contributed by atoms with van der Waals surface area (Å²) in [5.41, 5.74) is 1.71. The molecule has 2 aliphatic heterocycles. The predicted molar refractivity (Wildman–Crippen MR) is 104 cm³/mol. The van der Waals surface area contributed by atoms with Crippen molar-refractivity contribution in [2.75, 3.05) is 31.5 Å². The van der Waals surface area contributed by atoms with E-state index in [0.717, 1.165) is 30.6 Å². The van der Waals surface area contributed by atoms with Crippen LogP contribution >= 0.6 is 0 Å². The van der Waals surface area contributed by atoms with Crippen LogP contribution in [0.25, 0.3) is 0 Å². The minimum atomic E-state index is -0.504. The van der Waals surface area contributed by atoms with Gasteiger partial charge in [-0.1, -0.05) is 38.5 Å². The van der Waals surface area contributed by atoms with E-state index >= 15 is 0 Å². The second-order valence-electron chi connectivity index (χ2n) is 7.58. The van der Waals surface area contributed by atoms with E-state index in [0.29, 0.717) is 26.2 Å². The highest BCUT2D eigenvalue weighted by molar-refractivity contribution is 5.98. The van der Waals surface area contributed by atoms with Crippen molar-refractivity contribution in [1.29, 1.82) is 0 Å². The molecule has 148 valence electrons. The van der Waals surface area contributed by atoms with Crippen molar-refractivity contribution in [3.05, 3.63) is 29.8 Å². The van der Waals surface area contributed by atoms with Crippen molar-refractivity contribution in [3.8, 4) is 0 Å². The summed E-state index contributed by atoms with van der Waals surface area (Å²) in [6.07, 6.45) is 1.33. The highest BCUT2D eigenvalue weighted by Gasteiger charge is 2.36. The molecule has 1 aromatic carbocycles. The standard InChI is InChI=1S/C20H30N4O3/c1-3-14(2)18-19(26)22-17-7-5-4-6-15(17)12-24(18)20(27)21-9-11-23-10-8-16(25)13-23/h4-7,14,16,18,25H,3,8-13H2,1-2H3,(H,21,27)(H,22,26)/t14-,16-,18-/m0/s1. The molecule has 27 heavy (non-hydrogen) atoms. The zero-order chi connectivity index (χ0) is 19.4. The number of carbonyl (C=O) groups is 2. The van der Waals surface area contributed by atoms with E-state index in [4.69, 9.17) is 0 Å². The van der Waals surface area contributed by atoms with Gasteiger partial charge in [0.15, 0.2) is 0 Å². The van der Waals surface area contributed by atoms with Crippen molar-refractivity contribution >= 4 is 17.6 Å². The number of likely N-dealkylation sites (tertiary alicyclic amines) is 1. The van der Waals surface area contributed by atoms with Crippen LogP contribution in [0.5, 0.6) is 0 Å². The summed E-state index contributed by atoms with van der Waals surface area (Å²) in [5.74, 6) is -0.0779. The van der Waals surface area contributed by atoms with E-state index < -0.39 is 6.04 Å². The number of carbonyl (C=O) groups excluding carboxylic acids is 2. The first-order chi connectivity index (χ1) is 13.0. The number of amides is 3. The molecule has 2 aliphatic rings. The average molecular weight is 374 g/mol. The van der Waals surface area contributed by atoms with Crippen molar-refractivity contribution in [3.63, 3.8) is 0 Å². The number of hydrogen-bond acceptors (Lipinski definition) is 4. The van der Waals surface area contributed by atoms with E-state index in [-0.39, 0.29) is 24.0 Å². The third-order valence-electron chi connectivity index (χ3n) is 5.62. The number of para-hydroxylation sites is 1. The van der Waals surface area contributed by atoms with Gasteiger partial charge >= 0.3 is 6.03 Å². The molecular formula is C20H30N4O3. The van der Waals surface area contributed by atoms with E-state index in [9.17, 15) is 14.7 Å². The maximum atomic E-state index is 12.9. The van der Waals surface area contributed by atoms with E-state index in [1.807, 2.05) is 38.1 Å². The molecule has 3 atom stereocenters. The van der Waals surface area contributed by atoms with Gasteiger partial charge in [0.1, 0.15) is 6.04 Å². The molecule has 7 nitrogen and oxygen atoms in total. The monoisotopic (exact) mass is 374 g/mol. The molecule has 0 unspecified atom stereocenters. The molecule has 3 rings (SSSR count). The Hall–Kier alpha value is -2.12. The fraction of sp³-hybridized carbons (Fsp3) is 0.600. The lowest BCUT2D eigenvalue weighted by Crippen LogP contribution is -2.53. The van der Waals surface area contributed by atoms with Gasteiger partial charge in [-0.2, -0.15) is 0 Å². The first kappa shape index (κ1) is 19.6. The number of anilines is 1. The quantitative estimate of drug-likeness (QED) is 0.731. The van der Waals surface area contributed by atoms with Crippen LogP contribution in [0.3, 0.4) is 0 Å². The van der Waals surface area contributed by atoms with Crippen molar-refractivity contribution < 1.29 is 14.7 Å². The maximum Gasteiger partial charge on any atom is 0.318 e. The third kappa shape index (κ3) is 4.59. The smallest absolute Gasteiger partial charge is 0.318 e. The summed E-state index contributed by atoms with van der Waals surface area (Å²) >= 11 is 0. The molecule has 2 heterocycles. The molecule has 1 fully saturated rings. The van der Waals surface area contributed by atoms with Crippen LogP contribution in [0.4, 0.5) is 10.5 Å². The minimum Gasteiger partial charge on any atom is -0.392 e. The van der Waals surface area contributed by atoms with Gasteiger partial charge in [0.2, 0.25) is 5.91 Å². The second kappa shape index (κ2) is 8.71. The summed E-state index contributed by atoms with van der Waals surface area (Å²) in [4.78, 5) is 29.6. The first-order valence-electron chi connectivity index (χ1n) is 9.83. The lowest BCUT2D eigenvalue weighted by molar-refractivity contribution is -0.121. The van der Waals surface area contributed by atoms with Gasteiger partial charge in [-0.3, -0.25) is 9.69 Å². The highest BCUT2D eigenvalue weighted by atomic mass is 16.3. The first-order valence-corrected chi connectivity index (χ1v) is 9.83. The van der Waals surface area contributed by atoms with Gasteiger partial charge in [0, 0.05) is 31.9 Å². The zero-order valence-electron chi connectivity index (χ0n) is 16.1. The molecule has 0 aliphatic carbocycles. The molecule has 1 saturated heterocycles. The SMILES string of the molecule is CC[C@H](C)[C@H]1C(=O)Nc2ccccc2CN1C(=O)NCCN1CC[C@H](O)C1. The molecule has 1 aromatic rings. The lowest BCUT2D eigenvalue weighted by atomic mass is 9.97. The topological polar surface area (TPSA) is 84.9 Å². The number of fused-ring (bicyclic) bond motifs is 1. The number of benzene rings is 1. The molecule has 0 bridgehead atoms. The maximum absolute atomic E-state index is 12.9. The van der Waals surface area contributed by atoms with Crippen LogP contribution in [-0.4, -0.2) is 65.2 Å². The van der Waals surface area contributed by atoms with Crippen LogP contribution in [0.2, 0.25) is 0 Å². The Morgan fingerprint density at radius 1 is 1.41 bits per heavy atom. The number of aliphatic hydroxyl groups excluding tert-OH is 1. The Balaban J connectivity index is 1.70. The van der Waals surface area contributed by atoms with Gasteiger partial charge < -0.3 is 20.6 Å². The Morgan fingerprint density at radius 3 is 2.89 bits per heavy atom. The number of rotatable bonds is 5. The Morgan fingerprint density at radius 2 is 2.19 bits per heavy atom. The second-order valence-corrected chi connectivity index (χ2v) is 7.58. The highest BCUT2D eigenvalue weighted by Crippen LogP contribution is 2.27. The third-order valence-corrected chi connectivity index (χ3v) is 5.62. The van der Waals surface area contributed by atoms with Crippen molar-refractivity contribution in [2.45, 2.75) is 45.4 Å². The number of hydrogen-bond donors (Lipinski definition) is 3. The summed E-state index contributed by atoms with van der Waals surface area (Å²) in [5, 5.41) is 15.6. The van der Waals surface area contributed by atoms with Gasteiger partial charge in [0.25, 0.3) is 0 Å². The van der Waals surface area contributed by atoms with Crippen LogP contribution in [0.1, 0.15) is 32.3 Å². The van der Waals surface area contributed by atoms with Crippen molar-refractivity contribution in [2.24, 2.45) is 5.92 Å². The van der Waals surface area contributed by atoms with E-state index in [1.165, 1.54) is 0 Å². The summed E-state index contributed by atoms with van der Waals surface area (Å²) in [6.45, 7) is 7.15. The molecular weight excluding hydrogens is 344 g/mol. The van der Waals surface area contributed by atoms with Gasteiger partial charge in [-0.05, 0) is 24.0 Å². The fourth-order valence-corrected chi connectivity index (χ4v) is 3.83. The summed E-state index contributed by atoms with van der Waals surface area (Å²) in [6, 6.07) is 6.91. The van der Waals surface area contributed by atoms with E-state index in [1.54, 1.807) is 4.90 Å². The molecule has 3 N–H and O–H groups in total. The van der Waals surface area contributed by atoms with Gasteiger partial charge in [0.05, 0.1) is 12.6 Å². The Kier molecular flexibility index (Phi) is 6.34. The van der Waals surface area contributed by atoms with E-state index in [2.05, 4.69) is 15.5 Å². The normalized spacial score (nSPS) is 24.1. The average Bonchev–Trinajstić information content (AvgIpc) is 3.00. The largest absolute Gasteiger partial charge is 0.392 e. The number of urea groups is 1. The fourth-order valence-electron chi connectivity index (χ4n) is 3.83. The minimum absolute atomic E-state index is 0.0544.